The average Bonchev–Trinajstić information content (AvgIpc) is 3.15. The van der Waals surface area contributed by atoms with Crippen molar-refractivity contribution in [1.82, 2.24) is 20.1 Å². The first-order chi connectivity index (χ1) is 9.15. The van der Waals surface area contributed by atoms with Gasteiger partial charge in [0, 0.05) is 24.2 Å². The van der Waals surface area contributed by atoms with Crippen LogP contribution in [0.1, 0.15) is 45.2 Å². The molecular weight excluding hydrogens is 236 g/mol. The number of hydrogen-bond acceptors (Lipinski definition) is 3. The Kier molecular flexibility index (Phi) is 3.27. The van der Waals surface area contributed by atoms with Gasteiger partial charge in [0.2, 0.25) is 0 Å². The first kappa shape index (κ1) is 12.6. The standard InChI is InChI=1S/C15H22N4/c1-10(2)16-7-12-6-14-9-18-19(15(14)17-8-12)11(3)13-4-5-13/h6,8-11,13,16H,4-5,7H2,1-3H3. The minimum Gasteiger partial charge on any atom is -0.310 e. The van der Waals surface area contributed by atoms with Crippen LogP contribution >= 0.6 is 0 Å². The molecule has 0 bridgehead atoms. The largest absolute Gasteiger partial charge is 0.310 e. The maximum Gasteiger partial charge on any atom is 0.157 e. The molecule has 1 aliphatic carbocycles. The summed E-state index contributed by atoms with van der Waals surface area (Å²) in [6, 6.07) is 3.17. The molecule has 1 unspecified atom stereocenters. The molecule has 0 aromatic carbocycles. The van der Waals surface area contributed by atoms with Gasteiger partial charge in [-0.15, -0.1) is 0 Å². The van der Waals surface area contributed by atoms with Crippen LogP contribution in [0.5, 0.6) is 0 Å². The molecule has 1 atom stereocenters. The van der Waals surface area contributed by atoms with E-state index in [9.17, 15) is 0 Å². The summed E-state index contributed by atoms with van der Waals surface area (Å²) in [5.41, 5.74) is 2.24. The third-order valence-corrected chi connectivity index (χ3v) is 3.89. The van der Waals surface area contributed by atoms with Gasteiger partial charge < -0.3 is 5.32 Å². The molecule has 0 saturated heterocycles. The summed E-state index contributed by atoms with van der Waals surface area (Å²) in [7, 11) is 0. The number of nitrogens with zero attached hydrogens (tertiary/aromatic N) is 3. The summed E-state index contributed by atoms with van der Waals surface area (Å²) in [4.78, 5) is 4.61. The van der Waals surface area contributed by atoms with Crippen LogP contribution in [0.2, 0.25) is 0 Å². The molecule has 19 heavy (non-hydrogen) atoms. The number of fused-ring (bicyclic) bond motifs is 1. The highest BCUT2D eigenvalue weighted by Gasteiger charge is 2.30. The van der Waals surface area contributed by atoms with Gasteiger partial charge in [-0.05, 0) is 37.3 Å². The van der Waals surface area contributed by atoms with Crippen molar-refractivity contribution < 1.29 is 0 Å². The predicted molar refractivity (Wildman–Crippen MR) is 76.9 cm³/mol. The Morgan fingerprint density at radius 2 is 2.11 bits per heavy atom. The average molecular weight is 258 g/mol. The number of nitrogens with one attached hydrogen (secondary N) is 1. The molecule has 0 spiro atoms. The molecule has 3 rings (SSSR count). The second kappa shape index (κ2) is 4.93. The van der Waals surface area contributed by atoms with E-state index in [1.165, 1.54) is 18.4 Å². The number of hydrogen-bond donors (Lipinski definition) is 1. The Hall–Kier alpha value is -1.42. The van der Waals surface area contributed by atoms with E-state index in [0.29, 0.717) is 12.1 Å². The smallest absolute Gasteiger partial charge is 0.157 e. The normalized spacial score (nSPS) is 17.3. The lowest BCUT2D eigenvalue weighted by Crippen LogP contribution is -2.21. The molecule has 4 nitrogen and oxygen atoms in total. The summed E-state index contributed by atoms with van der Waals surface area (Å²) in [5, 5.41) is 9.09. The summed E-state index contributed by atoms with van der Waals surface area (Å²) in [6.45, 7) is 7.42. The fourth-order valence-corrected chi connectivity index (χ4v) is 2.48. The van der Waals surface area contributed by atoms with Crippen molar-refractivity contribution in [1.29, 1.82) is 0 Å². The van der Waals surface area contributed by atoms with Gasteiger partial charge in [-0.25, -0.2) is 9.67 Å². The first-order valence-corrected chi connectivity index (χ1v) is 7.20. The van der Waals surface area contributed by atoms with Crippen molar-refractivity contribution >= 4 is 11.0 Å². The van der Waals surface area contributed by atoms with Crippen LogP contribution in [0, 0.1) is 5.92 Å². The second-order valence-corrected chi connectivity index (χ2v) is 5.96. The summed E-state index contributed by atoms with van der Waals surface area (Å²) in [5.74, 6) is 0.798. The zero-order valence-electron chi connectivity index (χ0n) is 11.9. The van der Waals surface area contributed by atoms with E-state index in [4.69, 9.17) is 0 Å². The van der Waals surface area contributed by atoms with Crippen LogP contribution < -0.4 is 5.32 Å². The molecule has 0 aliphatic heterocycles. The van der Waals surface area contributed by atoms with Gasteiger partial charge in [0.15, 0.2) is 5.65 Å². The highest BCUT2D eigenvalue weighted by Crippen LogP contribution is 2.39. The molecule has 1 N–H and O–H groups in total. The molecule has 102 valence electrons. The molecule has 0 radical (unpaired) electrons. The van der Waals surface area contributed by atoms with Crippen molar-refractivity contribution in [3.05, 3.63) is 24.0 Å². The highest BCUT2D eigenvalue weighted by molar-refractivity contribution is 5.75. The van der Waals surface area contributed by atoms with Crippen LogP contribution in [-0.4, -0.2) is 20.8 Å². The fraction of sp³-hybridized carbons (Fsp3) is 0.600. The third kappa shape index (κ3) is 2.63. The van der Waals surface area contributed by atoms with E-state index in [0.717, 1.165) is 23.5 Å². The minimum absolute atomic E-state index is 0.477. The topological polar surface area (TPSA) is 42.7 Å². The van der Waals surface area contributed by atoms with Crippen LogP contribution in [-0.2, 0) is 6.54 Å². The van der Waals surface area contributed by atoms with Crippen molar-refractivity contribution in [3.8, 4) is 0 Å². The van der Waals surface area contributed by atoms with Crippen LogP contribution in [0.4, 0.5) is 0 Å². The van der Waals surface area contributed by atoms with E-state index in [2.05, 4.69) is 46.9 Å². The van der Waals surface area contributed by atoms with Gasteiger partial charge in [0.1, 0.15) is 0 Å². The van der Waals surface area contributed by atoms with Crippen molar-refractivity contribution in [2.45, 2.75) is 52.2 Å². The van der Waals surface area contributed by atoms with Crippen molar-refractivity contribution in [3.63, 3.8) is 0 Å². The van der Waals surface area contributed by atoms with E-state index in [1.54, 1.807) is 0 Å². The highest BCUT2D eigenvalue weighted by atomic mass is 15.3. The molecule has 2 aromatic rings. The number of aromatic nitrogens is 3. The molecule has 1 fully saturated rings. The minimum atomic E-state index is 0.477. The van der Waals surface area contributed by atoms with E-state index in [1.807, 2.05) is 12.4 Å². The molecule has 1 saturated carbocycles. The molecule has 2 heterocycles. The Labute approximate surface area is 114 Å². The maximum absolute atomic E-state index is 4.61. The lowest BCUT2D eigenvalue weighted by atomic mass is 10.2. The van der Waals surface area contributed by atoms with Crippen LogP contribution in [0.25, 0.3) is 11.0 Å². The molecule has 0 amide bonds. The van der Waals surface area contributed by atoms with Gasteiger partial charge in [0.05, 0.1) is 12.2 Å². The van der Waals surface area contributed by atoms with Gasteiger partial charge >= 0.3 is 0 Å². The number of pyridine rings is 1. The second-order valence-electron chi connectivity index (χ2n) is 5.96. The summed E-state index contributed by atoms with van der Waals surface area (Å²) in [6.07, 6.45) is 6.58. The van der Waals surface area contributed by atoms with E-state index >= 15 is 0 Å². The third-order valence-electron chi connectivity index (χ3n) is 3.89. The maximum atomic E-state index is 4.61. The van der Waals surface area contributed by atoms with Crippen molar-refractivity contribution in [2.75, 3.05) is 0 Å². The molecule has 1 aliphatic rings. The van der Waals surface area contributed by atoms with Crippen LogP contribution in [0.3, 0.4) is 0 Å². The SMILES string of the molecule is CC(C)NCc1cnc2c(cnn2C(C)C2CC2)c1. The monoisotopic (exact) mass is 258 g/mol. The number of rotatable bonds is 5. The first-order valence-electron chi connectivity index (χ1n) is 7.20. The Morgan fingerprint density at radius 1 is 1.32 bits per heavy atom. The zero-order valence-corrected chi connectivity index (χ0v) is 11.9. The van der Waals surface area contributed by atoms with E-state index < -0.39 is 0 Å². The molecule has 2 aromatic heterocycles. The Morgan fingerprint density at radius 3 is 2.79 bits per heavy atom. The predicted octanol–water partition coefficient (Wildman–Crippen LogP) is 2.90. The lowest BCUT2D eigenvalue weighted by molar-refractivity contribution is 0.450. The lowest BCUT2D eigenvalue weighted by Gasteiger charge is -2.12. The van der Waals surface area contributed by atoms with Gasteiger partial charge in [-0.3, -0.25) is 0 Å². The van der Waals surface area contributed by atoms with Gasteiger partial charge in [-0.1, -0.05) is 13.8 Å². The van der Waals surface area contributed by atoms with E-state index in [-0.39, 0.29) is 0 Å². The zero-order chi connectivity index (χ0) is 13.4. The molecular formula is C15H22N4. The summed E-state index contributed by atoms with van der Waals surface area (Å²) >= 11 is 0. The van der Waals surface area contributed by atoms with Gasteiger partial charge in [-0.2, -0.15) is 5.10 Å². The van der Waals surface area contributed by atoms with Crippen LogP contribution in [0.15, 0.2) is 18.5 Å². The van der Waals surface area contributed by atoms with Gasteiger partial charge in [0.25, 0.3) is 0 Å². The fourth-order valence-electron chi connectivity index (χ4n) is 2.48. The summed E-state index contributed by atoms with van der Waals surface area (Å²) < 4.78 is 2.09. The molecule has 4 heteroatoms. The van der Waals surface area contributed by atoms with Crippen molar-refractivity contribution in [2.24, 2.45) is 5.92 Å². The Balaban J connectivity index is 1.84. The quantitative estimate of drug-likeness (QED) is 0.896. The Bertz CT molecular complexity index is 569.